The molecule has 2 unspecified atom stereocenters. The lowest BCUT2D eigenvalue weighted by Crippen LogP contribution is -2.37. The Morgan fingerprint density at radius 1 is 0.525 bits per heavy atom. The molecule has 0 aromatic carbocycles. The second kappa shape index (κ2) is 43.6. The Kier molecular flexibility index (Phi) is 42.9. The van der Waals surface area contributed by atoms with E-state index >= 15 is 0 Å². The number of nitrogens with zero attached hydrogens (tertiary/aromatic N) is 1. The minimum atomic E-state index is -4.28. The van der Waals surface area contributed by atoms with Gasteiger partial charge >= 0.3 is 13.8 Å². The fraction of sp³-hybridized carbons (Fsp3) is 0.900. The standard InChI is InChI=1S/C50H98NO7P/c1-6-8-10-12-14-16-18-20-22-23-24-25-26-27-28-30-32-34-36-38-40-42-45-55-47-49(48-57-59(53,54)56-46-44-51(3,4)5)58-50(52)43-41-39-37-35-33-31-29-21-19-17-15-13-11-9-7-2/h15,17,21,29,49H,6-14,16,18-20,22-28,30-48H2,1-5H3/p+1/b17-15-,29-21-. The number of phosphoric acid groups is 1. The molecule has 9 heteroatoms. The molecular formula is C50H99NO7P+. The van der Waals surface area contributed by atoms with Gasteiger partial charge in [-0.15, -0.1) is 0 Å². The quantitative estimate of drug-likeness (QED) is 0.0214. The normalized spacial score (nSPS) is 13.8. The summed E-state index contributed by atoms with van der Waals surface area (Å²) in [6, 6.07) is 0. The summed E-state index contributed by atoms with van der Waals surface area (Å²) in [6.45, 7) is 5.62. The van der Waals surface area contributed by atoms with Gasteiger partial charge in [0.1, 0.15) is 19.3 Å². The molecule has 0 spiro atoms. The number of esters is 1. The van der Waals surface area contributed by atoms with E-state index < -0.39 is 13.9 Å². The number of rotatable bonds is 47. The molecule has 0 saturated heterocycles. The Bertz CT molecular complexity index is 998. The molecule has 1 N–H and O–H groups in total. The summed E-state index contributed by atoms with van der Waals surface area (Å²) in [5.74, 6) is -0.323. The summed E-state index contributed by atoms with van der Waals surface area (Å²) >= 11 is 0. The molecule has 0 bridgehead atoms. The van der Waals surface area contributed by atoms with Crippen molar-refractivity contribution < 1.29 is 37.3 Å². The number of phosphoric ester groups is 1. The number of likely N-dealkylation sites (N-methyl/N-ethyl adjacent to an activating group) is 1. The second-order valence-corrected chi connectivity index (χ2v) is 19.7. The maximum atomic E-state index is 12.7. The van der Waals surface area contributed by atoms with Gasteiger partial charge in [0, 0.05) is 13.0 Å². The lowest BCUT2D eigenvalue weighted by Gasteiger charge is -2.24. The van der Waals surface area contributed by atoms with Crippen molar-refractivity contribution in [3.8, 4) is 0 Å². The van der Waals surface area contributed by atoms with Crippen LogP contribution in [0.3, 0.4) is 0 Å². The van der Waals surface area contributed by atoms with E-state index in [0.717, 1.165) is 57.8 Å². The average molecular weight is 857 g/mol. The largest absolute Gasteiger partial charge is 0.472 e. The number of unbranched alkanes of at least 4 members (excludes halogenated alkanes) is 29. The zero-order valence-electron chi connectivity index (χ0n) is 39.8. The minimum Gasteiger partial charge on any atom is -0.457 e. The highest BCUT2D eigenvalue weighted by Crippen LogP contribution is 2.43. The molecule has 0 amide bonds. The highest BCUT2D eigenvalue weighted by molar-refractivity contribution is 7.47. The van der Waals surface area contributed by atoms with E-state index in [1.54, 1.807) is 0 Å². The van der Waals surface area contributed by atoms with E-state index in [0.29, 0.717) is 24.1 Å². The van der Waals surface area contributed by atoms with Crippen LogP contribution in [0.15, 0.2) is 24.3 Å². The number of carbonyl (C=O) groups is 1. The van der Waals surface area contributed by atoms with Gasteiger partial charge in [0.15, 0.2) is 0 Å². The average Bonchev–Trinajstić information content (AvgIpc) is 3.19. The van der Waals surface area contributed by atoms with E-state index in [9.17, 15) is 14.3 Å². The predicted molar refractivity (Wildman–Crippen MR) is 252 cm³/mol. The van der Waals surface area contributed by atoms with Gasteiger partial charge in [-0.05, 0) is 44.9 Å². The van der Waals surface area contributed by atoms with E-state index in [2.05, 4.69) is 38.2 Å². The van der Waals surface area contributed by atoms with Gasteiger partial charge in [-0.3, -0.25) is 13.8 Å². The molecule has 2 atom stereocenters. The third-order valence-electron chi connectivity index (χ3n) is 11.0. The van der Waals surface area contributed by atoms with Crippen molar-refractivity contribution in [3.05, 3.63) is 24.3 Å². The van der Waals surface area contributed by atoms with Gasteiger partial charge in [0.2, 0.25) is 0 Å². The van der Waals surface area contributed by atoms with Crippen LogP contribution < -0.4 is 0 Å². The van der Waals surface area contributed by atoms with Crippen LogP contribution in [-0.4, -0.2) is 75.6 Å². The summed E-state index contributed by atoms with van der Waals surface area (Å²) in [6.07, 6.45) is 50.8. The lowest BCUT2D eigenvalue weighted by atomic mass is 10.0. The minimum absolute atomic E-state index is 0.0879. The van der Waals surface area contributed by atoms with Gasteiger partial charge in [-0.25, -0.2) is 4.57 Å². The van der Waals surface area contributed by atoms with E-state index in [4.69, 9.17) is 18.5 Å². The summed E-state index contributed by atoms with van der Waals surface area (Å²) < 4.78 is 35.1. The van der Waals surface area contributed by atoms with Crippen molar-refractivity contribution in [2.45, 2.75) is 238 Å². The molecule has 0 heterocycles. The van der Waals surface area contributed by atoms with Crippen molar-refractivity contribution >= 4 is 13.8 Å². The molecule has 0 saturated carbocycles. The highest BCUT2D eigenvalue weighted by Gasteiger charge is 2.26. The van der Waals surface area contributed by atoms with Gasteiger partial charge in [0.25, 0.3) is 0 Å². The van der Waals surface area contributed by atoms with Gasteiger partial charge < -0.3 is 18.9 Å². The van der Waals surface area contributed by atoms with Crippen molar-refractivity contribution in [1.29, 1.82) is 0 Å². The molecule has 0 aromatic heterocycles. The van der Waals surface area contributed by atoms with Crippen LogP contribution in [0.1, 0.15) is 232 Å². The molecule has 0 radical (unpaired) electrons. The number of quaternary nitrogens is 1. The lowest BCUT2D eigenvalue weighted by molar-refractivity contribution is -0.870. The van der Waals surface area contributed by atoms with Gasteiger partial charge in [0.05, 0.1) is 34.4 Å². The highest BCUT2D eigenvalue weighted by atomic mass is 31.2. The number of ether oxygens (including phenoxy) is 2. The maximum absolute atomic E-state index is 12.7. The first-order valence-electron chi connectivity index (χ1n) is 25.1. The second-order valence-electron chi connectivity index (χ2n) is 18.2. The molecule has 350 valence electrons. The van der Waals surface area contributed by atoms with Crippen molar-refractivity contribution in [3.63, 3.8) is 0 Å². The monoisotopic (exact) mass is 857 g/mol. The molecular weight excluding hydrogens is 758 g/mol. The summed E-state index contributed by atoms with van der Waals surface area (Å²) in [7, 11) is 1.67. The Morgan fingerprint density at radius 3 is 1.41 bits per heavy atom. The van der Waals surface area contributed by atoms with Crippen LogP contribution in [-0.2, 0) is 27.9 Å². The van der Waals surface area contributed by atoms with Crippen LogP contribution >= 0.6 is 7.82 Å². The third kappa shape index (κ3) is 47.9. The summed E-state index contributed by atoms with van der Waals surface area (Å²) in [5.41, 5.74) is 0. The van der Waals surface area contributed by atoms with Crippen LogP contribution in [0.4, 0.5) is 0 Å². The molecule has 0 aliphatic rings. The molecule has 0 fully saturated rings. The zero-order chi connectivity index (χ0) is 43.4. The molecule has 8 nitrogen and oxygen atoms in total. The molecule has 0 aliphatic heterocycles. The van der Waals surface area contributed by atoms with E-state index in [1.165, 1.54) is 154 Å². The van der Waals surface area contributed by atoms with Crippen molar-refractivity contribution in [2.75, 3.05) is 54.1 Å². The number of hydrogen-bond acceptors (Lipinski definition) is 6. The molecule has 0 aromatic rings. The molecule has 0 rings (SSSR count). The SMILES string of the molecule is CCCCC/C=C\C/C=C\CCCCCCCC(=O)OC(COCCCCCCCCCCCCCCCCCCCCCCCC)COP(=O)(O)OCC[N+](C)(C)C. The topological polar surface area (TPSA) is 91.3 Å². The Labute approximate surface area is 366 Å². The first-order valence-corrected chi connectivity index (χ1v) is 26.6. The van der Waals surface area contributed by atoms with Gasteiger partial charge in [-0.1, -0.05) is 205 Å². The maximum Gasteiger partial charge on any atom is 0.472 e. The van der Waals surface area contributed by atoms with E-state index in [-0.39, 0.29) is 25.8 Å². The number of carbonyl (C=O) groups excluding carboxylic acids is 1. The van der Waals surface area contributed by atoms with Crippen LogP contribution in [0.25, 0.3) is 0 Å². The number of hydrogen-bond donors (Lipinski definition) is 1. The van der Waals surface area contributed by atoms with Crippen LogP contribution in [0.5, 0.6) is 0 Å². The fourth-order valence-corrected chi connectivity index (χ4v) is 7.86. The van der Waals surface area contributed by atoms with Crippen molar-refractivity contribution in [1.82, 2.24) is 0 Å². The Hall–Kier alpha value is -1.02. The Balaban J connectivity index is 4.10. The Morgan fingerprint density at radius 2 is 0.932 bits per heavy atom. The first kappa shape index (κ1) is 58.0. The van der Waals surface area contributed by atoms with Gasteiger partial charge in [-0.2, -0.15) is 0 Å². The third-order valence-corrected chi connectivity index (χ3v) is 12.0. The van der Waals surface area contributed by atoms with Crippen molar-refractivity contribution in [2.24, 2.45) is 0 Å². The smallest absolute Gasteiger partial charge is 0.457 e. The van der Waals surface area contributed by atoms with Crippen LogP contribution in [0.2, 0.25) is 0 Å². The molecule has 0 aliphatic carbocycles. The summed E-state index contributed by atoms with van der Waals surface area (Å²) in [4.78, 5) is 22.9. The van der Waals surface area contributed by atoms with E-state index in [1.807, 2.05) is 21.1 Å². The summed E-state index contributed by atoms with van der Waals surface area (Å²) in [5, 5.41) is 0. The predicted octanol–water partition coefficient (Wildman–Crippen LogP) is 15.2. The number of allylic oxidation sites excluding steroid dienone is 4. The molecule has 59 heavy (non-hydrogen) atoms. The van der Waals surface area contributed by atoms with Crippen LogP contribution in [0, 0.1) is 0 Å². The first-order chi connectivity index (χ1) is 28.6. The zero-order valence-corrected chi connectivity index (χ0v) is 40.6. The fourth-order valence-electron chi connectivity index (χ4n) is 7.11.